The zero-order chi connectivity index (χ0) is 24.2. The second-order valence-corrected chi connectivity index (χ2v) is 9.21. The molecule has 1 aromatic carbocycles. The molecule has 0 atom stereocenters. The molecule has 0 unspecified atom stereocenters. The van der Waals surface area contributed by atoms with Crippen LogP contribution >= 0.6 is 15.9 Å². The van der Waals surface area contributed by atoms with Gasteiger partial charge in [-0.1, -0.05) is 15.9 Å². The van der Waals surface area contributed by atoms with E-state index in [0.29, 0.717) is 17.3 Å². The number of piperidine rings is 1. The maximum Gasteiger partial charge on any atom is 0.314 e. The van der Waals surface area contributed by atoms with Crippen molar-refractivity contribution in [3.05, 3.63) is 52.6 Å². The van der Waals surface area contributed by atoms with Crippen molar-refractivity contribution in [1.29, 1.82) is 0 Å². The van der Waals surface area contributed by atoms with Crippen molar-refractivity contribution in [3.63, 3.8) is 0 Å². The van der Waals surface area contributed by atoms with E-state index in [1.165, 1.54) is 6.20 Å². The summed E-state index contributed by atoms with van der Waals surface area (Å²) in [5.41, 5.74) is 2.79. The quantitative estimate of drug-likeness (QED) is 0.393. The molecule has 11 heteroatoms. The fourth-order valence-corrected chi connectivity index (χ4v) is 4.39. The van der Waals surface area contributed by atoms with Crippen molar-refractivity contribution >= 4 is 33.7 Å². The van der Waals surface area contributed by atoms with Gasteiger partial charge in [-0.2, -0.15) is 8.78 Å². The highest BCUT2D eigenvalue weighted by molar-refractivity contribution is 9.10. The Labute approximate surface area is 204 Å². The number of halogens is 3. The average Bonchev–Trinajstić information content (AvgIpc) is 3.34. The number of pyridine rings is 1. The second kappa shape index (κ2) is 10.6. The molecule has 0 bridgehead atoms. The number of carbonyl (C=O) groups excluding carboxylic acids is 1. The summed E-state index contributed by atoms with van der Waals surface area (Å²) in [5.74, 6) is -0.765. The Balaban J connectivity index is 1.54. The molecule has 0 radical (unpaired) electrons. The van der Waals surface area contributed by atoms with Crippen molar-refractivity contribution in [2.75, 3.05) is 37.0 Å². The van der Waals surface area contributed by atoms with E-state index in [1.807, 2.05) is 18.2 Å². The van der Waals surface area contributed by atoms with Crippen molar-refractivity contribution < 1.29 is 18.0 Å². The van der Waals surface area contributed by atoms with Gasteiger partial charge in [-0.25, -0.2) is 0 Å². The van der Waals surface area contributed by atoms with Gasteiger partial charge in [0.2, 0.25) is 12.3 Å². The van der Waals surface area contributed by atoms with Crippen molar-refractivity contribution in [3.8, 4) is 11.5 Å². The zero-order valence-electron chi connectivity index (χ0n) is 18.9. The molecule has 2 aromatic heterocycles. The van der Waals surface area contributed by atoms with Gasteiger partial charge in [-0.05, 0) is 63.3 Å². The van der Waals surface area contributed by atoms with Crippen LogP contribution in [0.15, 0.2) is 45.4 Å². The van der Waals surface area contributed by atoms with E-state index in [1.54, 1.807) is 17.0 Å². The summed E-state index contributed by atoms with van der Waals surface area (Å²) in [7, 11) is 4.19. The number of alkyl halides is 2. The summed E-state index contributed by atoms with van der Waals surface area (Å²) < 4.78 is 31.3. The van der Waals surface area contributed by atoms with Crippen LogP contribution in [0.25, 0.3) is 11.5 Å². The molecule has 1 fully saturated rings. The third-order valence-corrected chi connectivity index (χ3v) is 6.51. The average molecular weight is 535 g/mol. The lowest BCUT2D eigenvalue weighted by molar-refractivity contribution is -0.107. The monoisotopic (exact) mass is 534 g/mol. The summed E-state index contributed by atoms with van der Waals surface area (Å²) >= 11 is 3.56. The van der Waals surface area contributed by atoms with E-state index in [0.717, 1.165) is 48.2 Å². The molecule has 8 nitrogen and oxygen atoms in total. The summed E-state index contributed by atoms with van der Waals surface area (Å²) in [6.07, 6.45) is 1.52. The van der Waals surface area contributed by atoms with Gasteiger partial charge < -0.3 is 19.1 Å². The molecule has 3 heterocycles. The first-order valence-electron chi connectivity index (χ1n) is 10.9. The molecule has 1 aliphatic heterocycles. The lowest BCUT2D eigenvalue weighted by atomic mass is 10.0. The van der Waals surface area contributed by atoms with Gasteiger partial charge in [-0.15, -0.1) is 10.2 Å². The summed E-state index contributed by atoms with van der Waals surface area (Å²) in [4.78, 5) is 22.6. The zero-order valence-corrected chi connectivity index (χ0v) is 20.5. The number of rotatable bonds is 8. The van der Waals surface area contributed by atoms with Crippen LogP contribution in [-0.2, 0) is 11.3 Å². The smallest absolute Gasteiger partial charge is 0.314 e. The number of aromatic nitrogens is 3. The Bertz CT molecular complexity index is 1120. The normalized spacial score (nSPS) is 15.0. The van der Waals surface area contributed by atoms with E-state index in [2.05, 4.69) is 55.0 Å². The Morgan fingerprint density at radius 2 is 1.97 bits per heavy atom. The molecular formula is C23H25BrF2N6O2. The standard InChI is InChI=1S/C23H25BrF2N6O2/c1-30-9-7-18(8-10-30)31(2)20-11-16(24)4-6-19(20)32(14-33)13-17-5-3-15(12-27-17)22-28-29-23(34-22)21(25)26/h3-6,11-12,14,18,21H,7-10,13H2,1-2H3. The van der Waals surface area contributed by atoms with Crippen molar-refractivity contribution in [1.82, 2.24) is 20.1 Å². The van der Waals surface area contributed by atoms with Gasteiger partial charge in [0.1, 0.15) is 0 Å². The highest BCUT2D eigenvalue weighted by atomic mass is 79.9. The van der Waals surface area contributed by atoms with Crippen molar-refractivity contribution in [2.45, 2.75) is 31.9 Å². The Kier molecular flexibility index (Phi) is 7.52. The SMILES string of the molecule is CN1CCC(N(C)c2cc(Br)ccc2N(C=O)Cc2ccc(-c3nnc(C(F)F)o3)cn2)CC1. The van der Waals surface area contributed by atoms with Gasteiger partial charge in [0.15, 0.2) is 0 Å². The molecule has 1 amide bonds. The van der Waals surface area contributed by atoms with Gasteiger partial charge in [-0.3, -0.25) is 9.78 Å². The van der Waals surface area contributed by atoms with Crippen LogP contribution in [0, 0.1) is 0 Å². The second-order valence-electron chi connectivity index (χ2n) is 8.30. The van der Waals surface area contributed by atoms with Crippen LogP contribution in [0.3, 0.4) is 0 Å². The number of anilines is 2. The van der Waals surface area contributed by atoms with E-state index < -0.39 is 12.3 Å². The minimum absolute atomic E-state index is 0.0310. The molecule has 1 aliphatic rings. The predicted octanol–water partition coefficient (Wildman–Crippen LogP) is 4.53. The molecular weight excluding hydrogens is 510 g/mol. The number of carbonyl (C=O) groups is 1. The minimum Gasteiger partial charge on any atom is -0.415 e. The van der Waals surface area contributed by atoms with E-state index in [-0.39, 0.29) is 12.4 Å². The lowest BCUT2D eigenvalue weighted by Crippen LogP contribution is -2.42. The Morgan fingerprint density at radius 3 is 2.59 bits per heavy atom. The maximum atomic E-state index is 12.7. The van der Waals surface area contributed by atoms with Crippen LogP contribution in [0.5, 0.6) is 0 Å². The third-order valence-electron chi connectivity index (χ3n) is 6.02. The van der Waals surface area contributed by atoms with Crippen LogP contribution < -0.4 is 9.80 Å². The Morgan fingerprint density at radius 1 is 1.21 bits per heavy atom. The molecule has 0 aliphatic carbocycles. The summed E-state index contributed by atoms with van der Waals surface area (Å²) in [6, 6.07) is 9.58. The largest absolute Gasteiger partial charge is 0.415 e. The molecule has 3 aromatic rings. The molecule has 180 valence electrons. The fraction of sp³-hybridized carbons (Fsp3) is 0.391. The van der Waals surface area contributed by atoms with Gasteiger partial charge >= 0.3 is 6.43 Å². The van der Waals surface area contributed by atoms with E-state index in [9.17, 15) is 13.6 Å². The van der Waals surface area contributed by atoms with Gasteiger partial charge in [0.25, 0.3) is 5.89 Å². The molecule has 1 saturated heterocycles. The topological polar surface area (TPSA) is 78.6 Å². The molecule has 34 heavy (non-hydrogen) atoms. The maximum absolute atomic E-state index is 12.7. The van der Waals surface area contributed by atoms with Crippen LogP contribution in [0.2, 0.25) is 0 Å². The molecule has 0 spiro atoms. The summed E-state index contributed by atoms with van der Waals surface area (Å²) in [5, 5.41) is 6.97. The van der Waals surface area contributed by atoms with E-state index in [4.69, 9.17) is 4.42 Å². The van der Waals surface area contributed by atoms with Crippen LogP contribution in [0.1, 0.15) is 30.9 Å². The first kappa shape index (κ1) is 24.2. The number of amides is 1. The first-order valence-corrected chi connectivity index (χ1v) is 11.6. The van der Waals surface area contributed by atoms with Crippen molar-refractivity contribution in [2.24, 2.45) is 0 Å². The third kappa shape index (κ3) is 5.41. The molecule has 0 saturated carbocycles. The first-order chi connectivity index (χ1) is 16.4. The lowest BCUT2D eigenvalue weighted by Gasteiger charge is -2.38. The number of hydrogen-bond donors (Lipinski definition) is 0. The van der Waals surface area contributed by atoms with Gasteiger partial charge in [0.05, 0.1) is 29.2 Å². The van der Waals surface area contributed by atoms with Gasteiger partial charge in [0, 0.05) is 23.8 Å². The summed E-state index contributed by atoms with van der Waals surface area (Å²) in [6.45, 7) is 2.31. The minimum atomic E-state index is -2.83. The predicted molar refractivity (Wildman–Crippen MR) is 128 cm³/mol. The number of nitrogens with zero attached hydrogens (tertiary/aromatic N) is 6. The number of hydrogen-bond acceptors (Lipinski definition) is 7. The highest BCUT2D eigenvalue weighted by Crippen LogP contribution is 2.35. The van der Waals surface area contributed by atoms with Crippen LogP contribution in [0.4, 0.5) is 20.2 Å². The Hall–Kier alpha value is -2.92. The van der Waals surface area contributed by atoms with Crippen LogP contribution in [-0.4, -0.2) is 59.7 Å². The molecule has 4 rings (SSSR count). The van der Waals surface area contributed by atoms with E-state index >= 15 is 0 Å². The fourth-order valence-electron chi connectivity index (χ4n) is 4.04. The highest BCUT2D eigenvalue weighted by Gasteiger charge is 2.24. The molecule has 0 N–H and O–H groups in total. The number of likely N-dealkylation sites (tertiary alicyclic amines) is 1. The number of benzene rings is 1.